The van der Waals surface area contributed by atoms with Gasteiger partial charge in [-0.3, -0.25) is 5.10 Å². The molecule has 1 saturated carbocycles. The van der Waals surface area contributed by atoms with E-state index in [1.807, 2.05) is 6.20 Å². The lowest BCUT2D eigenvalue weighted by atomic mass is 10.1. The zero-order chi connectivity index (χ0) is 13.4. The molecule has 0 amide bonds. The largest absolute Gasteiger partial charge is 0.397 e. The number of hydrogen-bond acceptors (Lipinski definition) is 5. The number of nitrogens with one attached hydrogen (secondary N) is 2. The van der Waals surface area contributed by atoms with Crippen LogP contribution in [0, 0.1) is 11.3 Å². The Morgan fingerprint density at radius 2 is 2.42 bits per heavy atom. The van der Waals surface area contributed by atoms with Gasteiger partial charge in [0.15, 0.2) is 0 Å². The predicted octanol–water partition coefficient (Wildman–Crippen LogP) is 2.98. The molecule has 3 rings (SSSR count). The van der Waals surface area contributed by atoms with E-state index in [1.54, 1.807) is 6.20 Å². The first kappa shape index (κ1) is 12.1. The molecule has 0 saturated heterocycles. The van der Waals surface area contributed by atoms with Gasteiger partial charge < -0.3 is 11.1 Å². The van der Waals surface area contributed by atoms with Crippen molar-refractivity contribution in [3.63, 3.8) is 0 Å². The van der Waals surface area contributed by atoms with E-state index in [-0.39, 0.29) is 6.04 Å². The van der Waals surface area contributed by atoms with E-state index in [1.165, 1.54) is 24.2 Å². The zero-order valence-corrected chi connectivity index (χ0v) is 11.4. The highest BCUT2D eigenvalue weighted by molar-refractivity contribution is 7.17. The summed E-state index contributed by atoms with van der Waals surface area (Å²) in [6.45, 7) is 2.07. The smallest absolute Gasteiger partial charge is 0.130 e. The third kappa shape index (κ3) is 2.17. The van der Waals surface area contributed by atoms with Gasteiger partial charge in [-0.15, -0.1) is 11.3 Å². The lowest BCUT2D eigenvalue weighted by Gasteiger charge is -2.13. The van der Waals surface area contributed by atoms with Crippen LogP contribution in [0.25, 0.3) is 0 Å². The molecule has 0 aromatic carbocycles. The molecule has 1 aliphatic rings. The van der Waals surface area contributed by atoms with Gasteiger partial charge in [0.05, 0.1) is 22.9 Å². The number of thiophene rings is 1. The Balaban J connectivity index is 1.90. The van der Waals surface area contributed by atoms with Gasteiger partial charge in [0.2, 0.25) is 0 Å². The Morgan fingerprint density at radius 1 is 1.63 bits per heavy atom. The van der Waals surface area contributed by atoms with Crippen molar-refractivity contribution in [3.05, 3.63) is 28.4 Å². The third-order valence-electron chi connectivity index (χ3n) is 3.44. The average Bonchev–Trinajstić information content (AvgIpc) is 2.98. The van der Waals surface area contributed by atoms with Crippen molar-refractivity contribution in [2.24, 2.45) is 0 Å². The number of rotatable bonds is 4. The second kappa shape index (κ2) is 4.59. The summed E-state index contributed by atoms with van der Waals surface area (Å²) in [5.41, 5.74) is 8.97. The molecule has 1 unspecified atom stereocenters. The van der Waals surface area contributed by atoms with Gasteiger partial charge in [-0.1, -0.05) is 0 Å². The second-order valence-electron chi connectivity index (χ2n) is 4.87. The van der Waals surface area contributed by atoms with Gasteiger partial charge in [0.1, 0.15) is 10.9 Å². The lowest BCUT2D eigenvalue weighted by molar-refractivity contribution is 0.886. The Hall–Kier alpha value is -2.00. The normalized spacial score (nSPS) is 16.0. The van der Waals surface area contributed by atoms with Crippen molar-refractivity contribution in [1.29, 1.82) is 5.26 Å². The van der Waals surface area contributed by atoms with E-state index in [2.05, 4.69) is 28.5 Å². The minimum Gasteiger partial charge on any atom is -0.397 e. The van der Waals surface area contributed by atoms with Crippen LogP contribution < -0.4 is 11.1 Å². The van der Waals surface area contributed by atoms with Crippen molar-refractivity contribution < 1.29 is 0 Å². The first-order chi connectivity index (χ1) is 9.20. The topological polar surface area (TPSA) is 90.5 Å². The van der Waals surface area contributed by atoms with E-state index in [0.717, 1.165) is 16.1 Å². The first-order valence-corrected chi connectivity index (χ1v) is 7.09. The van der Waals surface area contributed by atoms with Crippen LogP contribution in [-0.4, -0.2) is 10.2 Å². The van der Waals surface area contributed by atoms with Crippen LogP contribution in [0.3, 0.4) is 0 Å². The molecule has 0 radical (unpaired) electrons. The first-order valence-electron chi connectivity index (χ1n) is 6.28. The van der Waals surface area contributed by atoms with Crippen LogP contribution in [0.1, 0.15) is 47.7 Å². The van der Waals surface area contributed by atoms with E-state index >= 15 is 0 Å². The highest BCUT2D eigenvalue weighted by Gasteiger charge is 2.32. The van der Waals surface area contributed by atoms with Crippen molar-refractivity contribution in [1.82, 2.24) is 10.2 Å². The molecule has 5 nitrogen and oxygen atoms in total. The monoisotopic (exact) mass is 273 g/mol. The molecule has 6 heteroatoms. The Kier molecular flexibility index (Phi) is 2.91. The van der Waals surface area contributed by atoms with E-state index < -0.39 is 0 Å². The van der Waals surface area contributed by atoms with Crippen LogP contribution in [0.2, 0.25) is 0 Å². The maximum absolute atomic E-state index is 9.11. The number of aromatic nitrogens is 2. The molecule has 2 heterocycles. The number of nitrogens with zero attached hydrogens (tertiary/aromatic N) is 2. The summed E-state index contributed by atoms with van der Waals surface area (Å²) in [6, 6.07) is 2.32. The quantitative estimate of drug-likeness (QED) is 0.798. The van der Waals surface area contributed by atoms with Crippen LogP contribution in [0.15, 0.2) is 12.4 Å². The second-order valence-corrected chi connectivity index (χ2v) is 5.89. The highest BCUT2D eigenvalue weighted by atomic mass is 32.1. The minimum atomic E-state index is 0.140. The maximum atomic E-state index is 9.11. The van der Waals surface area contributed by atoms with Gasteiger partial charge in [0, 0.05) is 17.3 Å². The summed E-state index contributed by atoms with van der Waals surface area (Å²) in [7, 11) is 0. The van der Waals surface area contributed by atoms with E-state index in [9.17, 15) is 0 Å². The highest BCUT2D eigenvalue weighted by Crippen LogP contribution is 2.51. The number of nitrogen functional groups attached to an aromatic ring is 1. The fraction of sp³-hybridized carbons (Fsp3) is 0.385. The molecule has 1 atom stereocenters. The predicted molar refractivity (Wildman–Crippen MR) is 76.0 cm³/mol. The summed E-state index contributed by atoms with van der Waals surface area (Å²) in [5, 5.41) is 20.4. The molecular formula is C13H15N5S. The zero-order valence-electron chi connectivity index (χ0n) is 10.6. The number of nitrogens with two attached hydrogens (primary N) is 1. The standard InChI is InChI=1S/C13H15N5S/c1-7(9-5-16-17-6-9)18-13-11(8-2-3-8)12(15)10(4-14)19-13/h5-8,18H,2-3,15H2,1H3,(H,16,17). The molecule has 4 N–H and O–H groups in total. The number of H-pyrrole nitrogens is 1. The van der Waals surface area contributed by atoms with E-state index in [0.29, 0.717) is 16.5 Å². The van der Waals surface area contributed by atoms with Gasteiger partial charge in [-0.25, -0.2) is 0 Å². The van der Waals surface area contributed by atoms with Crippen LogP contribution >= 0.6 is 11.3 Å². The van der Waals surface area contributed by atoms with Crippen LogP contribution in [0.5, 0.6) is 0 Å². The number of anilines is 2. The van der Waals surface area contributed by atoms with Gasteiger partial charge in [-0.2, -0.15) is 10.4 Å². The minimum absolute atomic E-state index is 0.140. The van der Waals surface area contributed by atoms with Crippen molar-refractivity contribution in [2.45, 2.75) is 31.7 Å². The molecule has 1 aliphatic carbocycles. The third-order valence-corrected chi connectivity index (χ3v) is 4.49. The molecule has 98 valence electrons. The molecule has 0 bridgehead atoms. The van der Waals surface area contributed by atoms with Gasteiger partial charge in [-0.05, 0) is 25.7 Å². The molecule has 2 aromatic heterocycles. The molecule has 19 heavy (non-hydrogen) atoms. The molecule has 2 aromatic rings. The summed E-state index contributed by atoms with van der Waals surface area (Å²) < 4.78 is 0. The molecule has 0 aliphatic heterocycles. The fourth-order valence-electron chi connectivity index (χ4n) is 2.20. The SMILES string of the molecule is CC(Nc1sc(C#N)c(N)c1C1CC1)c1cn[nH]c1. The van der Waals surface area contributed by atoms with Crippen LogP contribution in [-0.2, 0) is 0 Å². The molecule has 0 spiro atoms. The summed E-state index contributed by atoms with van der Waals surface area (Å²) >= 11 is 1.45. The summed E-state index contributed by atoms with van der Waals surface area (Å²) in [6.07, 6.45) is 6.01. The summed E-state index contributed by atoms with van der Waals surface area (Å²) in [5.74, 6) is 0.525. The van der Waals surface area contributed by atoms with Gasteiger partial charge in [0.25, 0.3) is 0 Å². The molecular weight excluding hydrogens is 258 g/mol. The summed E-state index contributed by atoms with van der Waals surface area (Å²) in [4.78, 5) is 0.615. The Labute approximate surface area is 115 Å². The van der Waals surface area contributed by atoms with Crippen molar-refractivity contribution in [3.8, 4) is 6.07 Å². The number of aromatic amines is 1. The lowest BCUT2D eigenvalue weighted by Crippen LogP contribution is -2.06. The Bertz CT molecular complexity index is 618. The molecule has 1 fully saturated rings. The Morgan fingerprint density at radius 3 is 3.00 bits per heavy atom. The van der Waals surface area contributed by atoms with Crippen LogP contribution in [0.4, 0.5) is 10.7 Å². The van der Waals surface area contributed by atoms with E-state index in [4.69, 9.17) is 11.0 Å². The van der Waals surface area contributed by atoms with Crippen molar-refractivity contribution >= 4 is 22.0 Å². The average molecular weight is 273 g/mol. The number of hydrogen-bond donors (Lipinski definition) is 3. The van der Waals surface area contributed by atoms with Crippen molar-refractivity contribution in [2.75, 3.05) is 11.1 Å². The van der Waals surface area contributed by atoms with Gasteiger partial charge >= 0.3 is 0 Å². The number of nitriles is 1. The maximum Gasteiger partial charge on any atom is 0.130 e. The fourth-order valence-corrected chi connectivity index (χ4v) is 3.29.